The van der Waals surface area contributed by atoms with E-state index in [9.17, 15) is 9.59 Å². The maximum absolute atomic E-state index is 12.4. The van der Waals surface area contributed by atoms with Crippen LogP contribution in [0.25, 0.3) is 5.69 Å². The molecule has 0 bridgehead atoms. The summed E-state index contributed by atoms with van der Waals surface area (Å²) >= 11 is 6.07. The van der Waals surface area contributed by atoms with Gasteiger partial charge in [0, 0.05) is 12.6 Å². The lowest BCUT2D eigenvalue weighted by Gasteiger charge is -2.32. The van der Waals surface area contributed by atoms with E-state index in [1.807, 2.05) is 6.92 Å². The fourth-order valence-electron chi connectivity index (χ4n) is 3.12. The molecule has 0 spiro atoms. The molecule has 1 aromatic heterocycles. The summed E-state index contributed by atoms with van der Waals surface area (Å²) in [6.07, 6.45) is 4.68. The van der Waals surface area contributed by atoms with Crippen LogP contribution >= 0.6 is 11.6 Å². The predicted molar refractivity (Wildman–Crippen MR) is 91.9 cm³/mol. The Hall–Kier alpha value is -2.35. The molecule has 2 aromatic rings. The molecule has 9 heteroatoms. The number of aromatic nitrogens is 4. The fraction of sp³-hybridized carbons (Fsp3) is 0.500. The Morgan fingerprint density at radius 2 is 2.00 bits per heavy atom. The second kappa shape index (κ2) is 7.69. The van der Waals surface area contributed by atoms with Crippen molar-refractivity contribution in [3.05, 3.63) is 39.8 Å². The zero-order valence-corrected chi connectivity index (χ0v) is 14.7. The van der Waals surface area contributed by atoms with Crippen LogP contribution in [0.1, 0.15) is 39.0 Å². The van der Waals surface area contributed by atoms with Crippen molar-refractivity contribution in [2.75, 3.05) is 6.54 Å². The highest BCUT2D eigenvalue weighted by Gasteiger charge is 2.27. The minimum absolute atomic E-state index is 0.139. The van der Waals surface area contributed by atoms with Crippen molar-refractivity contribution in [2.24, 2.45) is 0 Å². The number of amides is 1. The molecule has 0 unspecified atom stereocenters. The first kappa shape index (κ1) is 17.5. The van der Waals surface area contributed by atoms with Crippen LogP contribution in [0.2, 0.25) is 5.02 Å². The third-order valence-electron chi connectivity index (χ3n) is 4.39. The van der Waals surface area contributed by atoms with E-state index in [0.717, 1.165) is 30.4 Å². The molecule has 1 aromatic carbocycles. The monoisotopic (exact) mass is 365 g/mol. The van der Waals surface area contributed by atoms with Crippen LogP contribution in [0, 0.1) is 0 Å². The number of halogens is 1. The SMILES string of the molecule is CCN(C(=O)On1nnn(-c2ccccc2Cl)c1=O)C1CCCCC1. The van der Waals surface area contributed by atoms with Crippen molar-refractivity contribution in [3.63, 3.8) is 0 Å². The molecule has 0 aliphatic heterocycles. The Labute approximate surface area is 149 Å². The van der Waals surface area contributed by atoms with Gasteiger partial charge in [0.1, 0.15) is 0 Å². The number of tetrazole rings is 1. The van der Waals surface area contributed by atoms with Gasteiger partial charge < -0.3 is 4.90 Å². The Balaban J connectivity index is 1.78. The van der Waals surface area contributed by atoms with Gasteiger partial charge in [-0.15, -0.1) is 0 Å². The van der Waals surface area contributed by atoms with Gasteiger partial charge >= 0.3 is 11.8 Å². The molecule has 134 valence electrons. The van der Waals surface area contributed by atoms with Gasteiger partial charge in [-0.25, -0.2) is 9.59 Å². The van der Waals surface area contributed by atoms with Crippen LogP contribution in [0.3, 0.4) is 0 Å². The minimum atomic E-state index is -0.693. The normalized spacial score (nSPS) is 15.1. The molecule has 1 heterocycles. The largest absolute Gasteiger partial charge is 0.436 e. The molecular formula is C16H20ClN5O3. The summed E-state index contributed by atoms with van der Waals surface area (Å²) in [5, 5.41) is 7.71. The van der Waals surface area contributed by atoms with Crippen molar-refractivity contribution in [2.45, 2.75) is 45.1 Å². The van der Waals surface area contributed by atoms with Gasteiger partial charge in [0.15, 0.2) is 0 Å². The molecule has 0 N–H and O–H groups in total. The lowest BCUT2D eigenvalue weighted by atomic mass is 9.94. The zero-order valence-electron chi connectivity index (χ0n) is 14.0. The highest BCUT2D eigenvalue weighted by Crippen LogP contribution is 2.22. The molecule has 1 amide bonds. The van der Waals surface area contributed by atoms with Crippen LogP contribution in [0.5, 0.6) is 0 Å². The summed E-state index contributed by atoms with van der Waals surface area (Å²) in [4.78, 5) is 32.2. The first-order chi connectivity index (χ1) is 12.1. The summed E-state index contributed by atoms with van der Waals surface area (Å²) in [6, 6.07) is 6.87. The number of nitrogens with zero attached hydrogens (tertiary/aromatic N) is 5. The van der Waals surface area contributed by atoms with Gasteiger partial charge in [0.2, 0.25) is 0 Å². The number of carbonyl (C=O) groups is 1. The predicted octanol–water partition coefficient (Wildman–Crippen LogP) is 2.29. The second-order valence-corrected chi connectivity index (χ2v) is 6.34. The van der Waals surface area contributed by atoms with Crippen molar-refractivity contribution < 1.29 is 9.63 Å². The number of benzene rings is 1. The van der Waals surface area contributed by atoms with E-state index in [2.05, 4.69) is 10.4 Å². The summed E-state index contributed by atoms with van der Waals surface area (Å²) < 4.78 is 0.993. The number of para-hydroxylation sites is 1. The van der Waals surface area contributed by atoms with Crippen LogP contribution in [-0.4, -0.2) is 43.5 Å². The van der Waals surface area contributed by atoms with Crippen molar-refractivity contribution in [3.8, 4) is 5.69 Å². The fourth-order valence-corrected chi connectivity index (χ4v) is 3.34. The number of rotatable bonds is 4. The maximum Gasteiger partial charge on any atom is 0.436 e. The van der Waals surface area contributed by atoms with Crippen LogP contribution in [0.15, 0.2) is 29.1 Å². The third-order valence-corrected chi connectivity index (χ3v) is 4.71. The summed E-state index contributed by atoms with van der Waals surface area (Å²) in [5.74, 6) is 0. The van der Waals surface area contributed by atoms with E-state index in [-0.39, 0.29) is 6.04 Å². The smallest absolute Gasteiger partial charge is 0.304 e. The van der Waals surface area contributed by atoms with Gasteiger partial charge in [0.25, 0.3) is 0 Å². The number of carbonyl (C=O) groups excluding carboxylic acids is 1. The lowest BCUT2D eigenvalue weighted by Crippen LogP contribution is -2.46. The summed E-state index contributed by atoms with van der Waals surface area (Å²) in [5.41, 5.74) is -0.322. The van der Waals surface area contributed by atoms with E-state index in [0.29, 0.717) is 22.1 Å². The Kier molecular flexibility index (Phi) is 5.37. The van der Waals surface area contributed by atoms with Crippen LogP contribution < -0.4 is 10.5 Å². The Morgan fingerprint density at radius 1 is 1.28 bits per heavy atom. The molecule has 0 atom stereocenters. The van der Waals surface area contributed by atoms with Gasteiger partial charge in [-0.3, -0.25) is 4.84 Å². The van der Waals surface area contributed by atoms with Gasteiger partial charge in [0.05, 0.1) is 10.7 Å². The van der Waals surface area contributed by atoms with Crippen LogP contribution in [-0.2, 0) is 0 Å². The van der Waals surface area contributed by atoms with E-state index in [1.165, 1.54) is 6.42 Å². The molecule has 1 aliphatic rings. The molecule has 1 fully saturated rings. The maximum atomic E-state index is 12.4. The molecule has 0 saturated heterocycles. The van der Waals surface area contributed by atoms with Crippen molar-refractivity contribution >= 4 is 17.7 Å². The van der Waals surface area contributed by atoms with E-state index >= 15 is 0 Å². The molecule has 1 saturated carbocycles. The van der Waals surface area contributed by atoms with E-state index in [1.54, 1.807) is 29.2 Å². The zero-order chi connectivity index (χ0) is 17.8. The third kappa shape index (κ3) is 3.68. The Morgan fingerprint density at radius 3 is 2.68 bits per heavy atom. The van der Waals surface area contributed by atoms with Gasteiger partial charge in [-0.1, -0.05) is 43.0 Å². The van der Waals surface area contributed by atoms with Crippen LogP contribution in [0.4, 0.5) is 4.79 Å². The topological polar surface area (TPSA) is 82.2 Å². The van der Waals surface area contributed by atoms with E-state index < -0.39 is 11.8 Å². The summed E-state index contributed by atoms with van der Waals surface area (Å²) in [7, 11) is 0. The average molecular weight is 366 g/mol. The molecule has 3 rings (SSSR count). The average Bonchev–Trinajstić information content (AvgIpc) is 2.97. The molecule has 25 heavy (non-hydrogen) atoms. The molecule has 0 radical (unpaired) electrons. The first-order valence-corrected chi connectivity index (χ1v) is 8.78. The quantitative estimate of drug-likeness (QED) is 0.776. The van der Waals surface area contributed by atoms with Gasteiger partial charge in [-0.05, 0) is 47.2 Å². The van der Waals surface area contributed by atoms with Gasteiger partial charge in [-0.2, -0.15) is 4.68 Å². The first-order valence-electron chi connectivity index (χ1n) is 8.40. The highest BCUT2D eigenvalue weighted by atomic mass is 35.5. The molecule has 8 nitrogen and oxygen atoms in total. The second-order valence-electron chi connectivity index (χ2n) is 5.93. The van der Waals surface area contributed by atoms with Crippen molar-refractivity contribution in [1.29, 1.82) is 0 Å². The Bertz CT molecular complexity index is 797. The highest BCUT2D eigenvalue weighted by molar-refractivity contribution is 6.32. The number of hydrogen-bond donors (Lipinski definition) is 0. The molecular weight excluding hydrogens is 346 g/mol. The summed E-state index contributed by atoms with van der Waals surface area (Å²) in [6.45, 7) is 2.40. The number of hydrogen-bond acceptors (Lipinski definition) is 5. The van der Waals surface area contributed by atoms with E-state index in [4.69, 9.17) is 16.4 Å². The lowest BCUT2D eigenvalue weighted by molar-refractivity contribution is 0.0552. The minimum Gasteiger partial charge on any atom is -0.304 e. The molecule has 1 aliphatic carbocycles. The standard InChI is InChI=1S/C16H20ClN5O3/c1-2-20(12-8-4-3-5-9-12)16(24)25-22-15(23)21(18-19-22)14-11-7-6-10-13(14)17/h6-7,10-12H,2-5,8-9H2,1H3. The van der Waals surface area contributed by atoms with Crippen molar-refractivity contribution in [1.82, 2.24) is 24.9 Å².